The maximum absolute atomic E-state index is 13.4. The zero-order chi connectivity index (χ0) is 12.0. The van der Waals surface area contributed by atoms with E-state index in [4.69, 9.17) is 5.11 Å². The van der Waals surface area contributed by atoms with Crippen molar-refractivity contribution in [2.45, 2.75) is 6.42 Å². The molecule has 0 aliphatic carbocycles. The summed E-state index contributed by atoms with van der Waals surface area (Å²) in [5.41, 5.74) is 0.318. The normalized spacial score (nSPS) is 10.1. The summed E-state index contributed by atoms with van der Waals surface area (Å²) in [6, 6.07) is 3.87. The van der Waals surface area contributed by atoms with Crippen LogP contribution in [0.2, 0.25) is 0 Å². The number of carboxylic acid groups (broad SMARTS) is 1. The van der Waals surface area contributed by atoms with Crippen LogP contribution in [0.15, 0.2) is 18.2 Å². The van der Waals surface area contributed by atoms with Crippen LogP contribution in [-0.2, 0) is 0 Å². The van der Waals surface area contributed by atoms with E-state index in [1.807, 2.05) is 6.26 Å². The molecule has 0 bridgehead atoms. The van der Waals surface area contributed by atoms with E-state index in [0.29, 0.717) is 12.2 Å². The molecule has 0 atom stereocenters. The molecule has 1 aromatic rings. The van der Waals surface area contributed by atoms with Crippen molar-refractivity contribution in [3.63, 3.8) is 0 Å². The zero-order valence-corrected chi connectivity index (χ0v) is 9.81. The predicted molar refractivity (Wildman–Crippen MR) is 64.8 cm³/mol. The maximum atomic E-state index is 13.4. The first-order valence-electron chi connectivity index (χ1n) is 4.91. The minimum absolute atomic E-state index is 0.0350. The molecule has 0 unspecified atom stereocenters. The minimum atomic E-state index is -1.12. The fraction of sp³-hybridized carbons (Fsp3) is 0.364. The predicted octanol–water partition coefficient (Wildman–Crippen LogP) is 2.69. The first-order chi connectivity index (χ1) is 7.65. The lowest BCUT2D eigenvalue weighted by atomic mass is 10.2. The Bertz CT molecular complexity index is 371. The van der Waals surface area contributed by atoms with E-state index in [1.54, 1.807) is 11.8 Å². The second-order valence-electron chi connectivity index (χ2n) is 3.27. The average Bonchev–Trinajstić information content (AvgIpc) is 2.26. The summed E-state index contributed by atoms with van der Waals surface area (Å²) in [7, 11) is 0. The fourth-order valence-electron chi connectivity index (χ4n) is 1.23. The highest BCUT2D eigenvalue weighted by atomic mass is 32.2. The van der Waals surface area contributed by atoms with Crippen molar-refractivity contribution in [2.24, 2.45) is 0 Å². The average molecular weight is 243 g/mol. The Morgan fingerprint density at radius 1 is 1.56 bits per heavy atom. The number of hydrogen-bond donors (Lipinski definition) is 2. The standard InChI is InChI=1S/C11H14FNO2S/c1-16-6-2-5-13-10-4-3-8(11(14)15)7-9(10)12/h3-4,7,13H,2,5-6H2,1H3,(H,14,15). The van der Waals surface area contributed by atoms with Crippen molar-refractivity contribution in [2.75, 3.05) is 23.9 Å². The topological polar surface area (TPSA) is 49.3 Å². The fourth-order valence-corrected chi connectivity index (χ4v) is 1.66. The molecule has 16 heavy (non-hydrogen) atoms. The summed E-state index contributed by atoms with van der Waals surface area (Å²) in [6.07, 6.45) is 2.96. The molecule has 2 N–H and O–H groups in total. The Morgan fingerprint density at radius 3 is 2.88 bits per heavy atom. The van der Waals surface area contributed by atoms with Gasteiger partial charge in [0.15, 0.2) is 0 Å². The van der Waals surface area contributed by atoms with Crippen molar-refractivity contribution in [3.8, 4) is 0 Å². The molecule has 1 rings (SSSR count). The lowest BCUT2D eigenvalue weighted by Gasteiger charge is -2.07. The van der Waals surface area contributed by atoms with Gasteiger partial charge in [-0.1, -0.05) is 0 Å². The van der Waals surface area contributed by atoms with Crippen LogP contribution in [-0.4, -0.2) is 29.6 Å². The molecule has 0 saturated heterocycles. The molecule has 0 aliphatic heterocycles. The van der Waals surface area contributed by atoms with Gasteiger partial charge in [0.1, 0.15) is 5.82 Å². The van der Waals surface area contributed by atoms with Crippen LogP contribution in [0.4, 0.5) is 10.1 Å². The third kappa shape index (κ3) is 3.73. The van der Waals surface area contributed by atoms with Gasteiger partial charge in [-0.15, -0.1) is 0 Å². The van der Waals surface area contributed by atoms with Crippen LogP contribution < -0.4 is 5.32 Å². The molecular weight excluding hydrogens is 229 g/mol. The second-order valence-corrected chi connectivity index (χ2v) is 4.26. The third-order valence-electron chi connectivity index (χ3n) is 2.06. The molecule has 0 saturated carbocycles. The van der Waals surface area contributed by atoms with E-state index in [0.717, 1.165) is 18.2 Å². The monoisotopic (exact) mass is 243 g/mol. The van der Waals surface area contributed by atoms with Gasteiger partial charge in [0, 0.05) is 6.54 Å². The van der Waals surface area contributed by atoms with E-state index < -0.39 is 11.8 Å². The van der Waals surface area contributed by atoms with Crippen LogP contribution in [0.5, 0.6) is 0 Å². The Morgan fingerprint density at radius 2 is 2.31 bits per heavy atom. The van der Waals surface area contributed by atoms with Gasteiger partial charge in [-0.25, -0.2) is 9.18 Å². The molecule has 0 fully saturated rings. The van der Waals surface area contributed by atoms with E-state index >= 15 is 0 Å². The number of carboxylic acids is 1. The van der Waals surface area contributed by atoms with Crippen molar-refractivity contribution in [1.82, 2.24) is 0 Å². The third-order valence-corrected chi connectivity index (χ3v) is 2.75. The van der Waals surface area contributed by atoms with Crippen LogP contribution in [0.3, 0.4) is 0 Å². The summed E-state index contributed by atoms with van der Waals surface area (Å²) in [6.45, 7) is 0.685. The Balaban J connectivity index is 2.57. The number of thioether (sulfide) groups is 1. The highest BCUT2D eigenvalue weighted by Crippen LogP contribution is 2.15. The van der Waals surface area contributed by atoms with Crippen LogP contribution in [0.1, 0.15) is 16.8 Å². The van der Waals surface area contributed by atoms with Crippen LogP contribution in [0.25, 0.3) is 0 Å². The SMILES string of the molecule is CSCCCNc1ccc(C(=O)O)cc1F. The minimum Gasteiger partial charge on any atom is -0.478 e. The second kappa shape index (κ2) is 6.37. The van der Waals surface area contributed by atoms with Crippen molar-refractivity contribution in [3.05, 3.63) is 29.6 Å². The van der Waals surface area contributed by atoms with Gasteiger partial charge in [-0.3, -0.25) is 0 Å². The number of rotatable bonds is 6. The van der Waals surface area contributed by atoms with E-state index in [1.165, 1.54) is 12.1 Å². The molecule has 88 valence electrons. The summed E-state index contributed by atoms with van der Waals surface area (Å²) >= 11 is 1.74. The number of carbonyl (C=O) groups is 1. The number of hydrogen-bond acceptors (Lipinski definition) is 3. The van der Waals surface area contributed by atoms with Gasteiger partial charge >= 0.3 is 5.97 Å². The molecule has 1 aromatic carbocycles. The largest absolute Gasteiger partial charge is 0.478 e. The maximum Gasteiger partial charge on any atom is 0.335 e. The van der Waals surface area contributed by atoms with Crippen molar-refractivity contribution in [1.29, 1.82) is 0 Å². The molecule has 3 nitrogen and oxygen atoms in total. The summed E-state index contributed by atoms with van der Waals surface area (Å²) < 4.78 is 13.4. The lowest BCUT2D eigenvalue weighted by molar-refractivity contribution is 0.0696. The molecule has 0 spiro atoms. The molecule has 5 heteroatoms. The van der Waals surface area contributed by atoms with Gasteiger partial charge in [0.05, 0.1) is 11.3 Å². The van der Waals surface area contributed by atoms with E-state index in [9.17, 15) is 9.18 Å². The lowest BCUT2D eigenvalue weighted by Crippen LogP contribution is -2.05. The molecular formula is C11H14FNO2S. The summed E-state index contributed by atoms with van der Waals surface area (Å²) in [5.74, 6) is -0.626. The number of benzene rings is 1. The number of nitrogens with one attached hydrogen (secondary N) is 1. The quantitative estimate of drug-likeness (QED) is 0.754. The smallest absolute Gasteiger partial charge is 0.335 e. The van der Waals surface area contributed by atoms with Crippen LogP contribution >= 0.6 is 11.8 Å². The molecule has 0 radical (unpaired) electrons. The molecule has 0 aliphatic rings. The molecule has 0 aromatic heterocycles. The van der Waals surface area contributed by atoms with Crippen molar-refractivity contribution < 1.29 is 14.3 Å². The summed E-state index contributed by atoms with van der Waals surface area (Å²) in [4.78, 5) is 10.6. The Labute approximate surface area is 98.1 Å². The van der Waals surface area contributed by atoms with Crippen molar-refractivity contribution >= 4 is 23.4 Å². The molecule has 0 heterocycles. The van der Waals surface area contributed by atoms with Gasteiger partial charge < -0.3 is 10.4 Å². The van der Waals surface area contributed by atoms with Gasteiger partial charge in [0.25, 0.3) is 0 Å². The first-order valence-corrected chi connectivity index (χ1v) is 6.30. The highest BCUT2D eigenvalue weighted by Gasteiger charge is 2.07. The zero-order valence-electron chi connectivity index (χ0n) is 9.00. The number of anilines is 1. The van der Waals surface area contributed by atoms with Gasteiger partial charge in [0.2, 0.25) is 0 Å². The highest BCUT2D eigenvalue weighted by molar-refractivity contribution is 7.98. The van der Waals surface area contributed by atoms with E-state index in [2.05, 4.69) is 5.32 Å². The Hall–Kier alpha value is -1.23. The first kappa shape index (κ1) is 12.8. The Kier molecular flexibility index (Phi) is 5.11. The van der Waals surface area contributed by atoms with E-state index in [-0.39, 0.29) is 5.56 Å². The summed E-state index contributed by atoms with van der Waals surface area (Å²) in [5, 5.41) is 11.6. The van der Waals surface area contributed by atoms with Gasteiger partial charge in [-0.2, -0.15) is 11.8 Å². The number of aromatic carboxylic acids is 1. The van der Waals surface area contributed by atoms with Crippen LogP contribution in [0, 0.1) is 5.82 Å². The number of halogens is 1. The van der Waals surface area contributed by atoms with Gasteiger partial charge in [-0.05, 0) is 36.6 Å². The molecule has 0 amide bonds.